The van der Waals surface area contributed by atoms with Crippen LogP contribution in [0.5, 0.6) is 0 Å². The number of Topliss-reactive ketones (excluding diaryl/α,β-unsaturated/α-hetero) is 1. The molecule has 2 aromatic rings. The Morgan fingerprint density at radius 1 is 1.00 bits per heavy atom. The number of aldehydes is 1. The number of aliphatic hydroxyl groups is 1. The molecule has 35 heavy (non-hydrogen) atoms. The van der Waals surface area contributed by atoms with Crippen LogP contribution in [0, 0.1) is 11.7 Å². The molecule has 0 aliphatic heterocycles. The molecular formula is C24H24F7NO3. The van der Waals surface area contributed by atoms with Crippen LogP contribution in [0.1, 0.15) is 48.4 Å². The molecule has 192 valence electrons. The van der Waals surface area contributed by atoms with E-state index in [1.54, 1.807) is 0 Å². The number of hydrogen-bond donors (Lipinski definition) is 1. The molecule has 2 aromatic carbocycles. The van der Waals surface area contributed by atoms with Crippen molar-refractivity contribution in [3.8, 4) is 0 Å². The second-order valence-electron chi connectivity index (χ2n) is 8.41. The van der Waals surface area contributed by atoms with Crippen LogP contribution in [0.25, 0.3) is 0 Å². The van der Waals surface area contributed by atoms with Crippen molar-refractivity contribution in [3.05, 3.63) is 64.5 Å². The van der Waals surface area contributed by atoms with Crippen molar-refractivity contribution in [1.29, 1.82) is 0 Å². The van der Waals surface area contributed by atoms with E-state index < -0.39 is 65.3 Å². The molecule has 0 fully saturated rings. The minimum Gasteiger partial charge on any atom is -0.376 e. The van der Waals surface area contributed by atoms with Crippen LogP contribution < -0.4 is 4.90 Å². The van der Waals surface area contributed by atoms with E-state index in [0.29, 0.717) is 18.6 Å². The summed E-state index contributed by atoms with van der Waals surface area (Å²) in [6, 6.07) is 4.36. The third kappa shape index (κ3) is 7.27. The first-order valence-electron chi connectivity index (χ1n) is 10.6. The van der Waals surface area contributed by atoms with Gasteiger partial charge in [0.2, 0.25) is 0 Å². The highest BCUT2D eigenvalue weighted by Gasteiger charge is 2.39. The van der Waals surface area contributed by atoms with Gasteiger partial charge >= 0.3 is 12.4 Å². The van der Waals surface area contributed by atoms with E-state index in [2.05, 4.69) is 0 Å². The maximum absolute atomic E-state index is 13.8. The lowest BCUT2D eigenvalue weighted by Gasteiger charge is -2.25. The number of aliphatic hydroxyl groups excluding tert-OH is 1. The first-order chi connectivity index (χ1) is 16.2. The molecule has 0 saturated carbocycles. The Morgan fingerprint density at radius 2 is 1.63 bits per heavy atom. The number of halogens is 7. The smallest absolute Gasteiger partial charge is 0.376 e. The zero-order valence-corrected chi connectivity index (χ0v) is 18.9. The summed E-state index contributed by atoms with van der Waals surface area (Å²) in [5.74, 6) is -4.29. The molecule has 0 saturated heterocycles. The average Bonchev–Trinajstić information content (AvgIpc) is 2.74. The van der Waals surface area contributed by atoms with Crippen LogP contribution in [0.15, 0.2) is 36.4 Å². The molecule has 0 amide bonds. The molecule has 1 unspecified atom stereocenters. The normalized spacial score (nSPS) is 13.1. The fraction of sp³-hybridized carbons (Fsp3) is 0.417. The summed E-state index contributed by atoms with van der Waals surface area (Å²) in [4.78, 5) is 25.6. The zero-order chi connectivity index (χ0) is 26.6. The zero-order valence-electron chi connectivity index (χ0n) is 18.9. The van der Waals surface area contributed by atoms with Gasteiger partial charge in [-0.3, -0.25) is 4.79 Å². The van der Waals surface area contributed by atoms with Crippen LogP contribution in [0.2, 0.25) is 0 Å². The van der Waals surface area contributed by atoms with Gasteiger partial charge in [-0.05, 0) is 47.7 Å². The Hall–Kier alpha value is -2.95. The summed E-state index contributed by atoms with van der Waals surface area (Å²) in [5.41, 5.74) is -4.12. The number of alkyl halides is 6. The molecule has 0 heterocycles. The molecule has 0 spiro atoms. The summed E-state index contributed by atoms with van der Waals surface area (Å²) in [6.07, 6.45) is -10.5. The lowest BCUT2D eigenvalue weighted by molar-refractivity contribution is -0.139. The van der Waals surface area contributed by atoms with Crippen molar-refractivity contribution < 1.29 is 45.4 Å². The van der Waals surface area contributed by atoms with Gasteiger partial charge in [0.05, 0.1) is 17.0 Å². The lowest BCUT2D eigenvalue weighted by atomic mass is 9.87. The van der Waals surface area contributed by atoms with Crippen LogP contribution >= 0.6 is 0 Å². The average molecular weight is 507 g/mol. The minimum atomic E-state index is -5.10. The number of carbonyl (C=O) groups excluding carboxylic acids is 2. The molecule has 1 atom stereocenters. The van der Waals surface area contributed by atoms with Gasteiger partial charge in [-0.2, -0.15) is 26.3 Å². The van der Waals surface area contributed by atoms with Crippen molar-refractivity contribution in [2.24, 2.45) is 5.92 Å². The molecule has 0 radical (unpaired) electrons. The number of ketones is 1. The van der Waals surface area contributed by atoms with E-state index in [1.165, 1.54) is 11.0 Å². The lowest BCUT2D eigenvalue weighted by Crippen LogP contribution is -2.27. The van der Waals surface area contributed by atoms with E-state index in [4.69, 9.17) is 0 Å². The van der Waals surface area contributed by atoms with E-state index in [9.17, 15) is 45.4 Å². The highest BCUT2D eigenvalue weighted by molar-refractivity contribution is 6.00. The van der Waals surface area contributed by atoms with E-state index in [-0.39, 0.29) is 30.5 Å². The summed E-state index contributed by atoms with van der Waals surface area (Å²) < 4.78 is 94.7. The number of anilines is 1. The summed E-state index contributed by atoms with van der Waals surface area (Å²) in [6.45, 7) is 3.52. The molecule has 0 aliphatic rings. The Bertz CT molecular complexity index is 1050. The van der Waals surface area contributed by atoms with Gasteiger partial charge in [-0.1, -0.05) is 26.0 Å². The Kier molecular flexibility index (Phi) is 9.05. The topological polar surface area (TPSA) is 57.6 Å². The standard InChI is InChI=1S/C24H24F7NO3/c1-14(2)7-8-32(13-34)17-5-3-15(20(11-17)23(26,27)28)9-22(35)19(12-33)18-6-4-16(25)10-21(18)24(29,30)31/h3-6,10-12,14,19,34H,7-9,13H2,1-2H3. The van der Waals surface area contributed by atoms with Crippen molar-refractivity contribution in [2.75, 3.05) is 18.2 Å². The maximum atomic E-state index is 13.8. The van der Waals surface area contributed by atoms with Crippen molar-refractivity contribution in [3.63, 3.8) is 0 Å². The van der Waals surface area contributed by atoms with Crippen molar-refractivity contribution in [2.45, 2.75) is 45.0 Å². The highest BCUT2D eigenvalue weighted by atomic mass is 19.4. The third-order valence-electron chi connectivity index (χ3n) is 5.41. The highest BCUT2D eigenvalue weighted by Crippen LogP contribution is 2.38. The molecule has 1 N–H and O–H groups in total. The monoisotopic (exact) mass is 507 g/mol. The van der Waals surface area contributed by atoms with Crippen LogP contribution in [0.4, 0.5) is 36.4 Å². The first kappa shape index (κ1) is 28.3. The van der Waals surface area contributed by atoms with Crippen LogP contribution in [-0.2, 0) is 28.4 Å². The van der Waals surface area contributed by atoms with Gasteiger partial charge in [-0.25, -0.2) is 4.39 Å². The summed E-state index contributed by atoms with van der Waals surface area (Å²) >= 11 is 0. The molecule has 0 aliphatic carbocycles. The number of rotatable bonds is 10. The minimum absolute atomic E-state index is 0.0431. The summed E-state index contributed by atoms with van der Waals surface area (Å²) in [7, 11) is 0. The van der Waals surface area contributed by atoms with E-state index >= 15 is 0 Å². The van der Waals surface area contributed by atoms with Gasteiger partial charge in [0.25, 0.3) is 0 Å². The van der Waals surface area contributed by atoms with Gasteiger partial charge in [0.15, 0.2) is 5.78 Å². The molecule has 2 rings (SSSR count). The second-order valence-corrected chi connectivity index (χ2v) is 8.41. The largest absolute Gasteiger partial charge is 0.416 e. The predicted molar refractivity (Wildman–Crippen MR) is 114 cm³/mol. The maximum Gasteiger partial charge on any atom is 0.416 e. The van der Waals surface area contributed by atoms with Crippen LogP contribution in [-0.4, -0.2) is 30.5 Å². The number of hydrogen-bond acceptors (Lipinski definition) is 4. The SMILES string of the molecule is CC(C)CCN(CO)c1ccc(CC(=O)C(C=O)c2ccc(F)cc2C(F)(F)F)c(C(F)(F)F)c1. The Labute approximate surface area is 197 Å². The number of benzene rings is 2. The fourth-order valence-corrected chi connectivity index (χ4v) is 3.54. The van der Waals surface area contributed by atoms with Crippen molar-refractivity contribution in [1.82, 2.24) is 0 Å². The summed E-state index contributed by atoms with van der Waals surface area (Å²) in [5, 5.41) is 9.58. The Balaban J connectivity index is 2.45. The Morgan fingerprint density at radius 3 is 2.14 bits per heavy atom. The number of carbonyl (C=O) groups is 2. The quantitative estimate of drug-likeness (QED) is 0.192. The van der Waals surface area contributed by atoms with E-state index in [1.807, 2.05) is 13.8 Å². The van der Waals surface area contributed by atoms with Crippen molar-refractivity contribution >= 4 is 17.8 Å². The second kappa shape index (κ2) is 11.2. The number of nitrogens with zero attached hydrogens (tertiary/aromatic N) is 1. The first-order valence-corrected chi connectivity index (χ1v) is 10.6. The molecular weight excluding hydrogens is 483 g/mol. The van der Waals surface area contributed by atoms with Gasteiger partial charge in [-0.15, -0.1) is 0 Å². The molecule has 11 heteroatoms. The van der Waals surface area contributed by atoms with Crippen LogP contribution in [0.3, 0.4) is 0 Å². The molecule has 0 aromatic heterocycles. The predicted octanol–water partition coefficient (Wildman–Crippen LogP) is 5.76. The van der Waals surface area contributed by atoms with Gasteiger partial charge < -0.3 is 14.8 Å². The molecule has 0 bridgehead atoms. The molecule has 4 nitrogen and oxygen atoms in total. The van der Waals surface area contributed by atoms with E-state index in [0.717, 1.165) is 12.1 Å². The fourth-order valence-electron chi connectivity index (χ4n) is 3.54. The third-order valence-corrected chi connectivity index (χ3v) is 5.41. The van der Waals surface area contributed by atoms with Gasteiger partial charge in [0.1, 0.15) is 18.8 Å². The van der Waals surface area contributed by atoms with Gasteiger partial charge in [0, 0.05) is 18.7 Å².